The first kappa shape index (κ1) is 28.6. The number of furan rings is 1. The summed E-state index contributed by atoms with van der Waals surface area (Å²) in [7, 11) is 3.60. The van der Waals surface area contributed by atoms with Crippen molar-refractivity contribution in [2.75, 3.05) is 0 Å². The molecule has 49 heavy (non-hydrogen) atoms. The molecule has 0 N–H and O–H groups in total. The van der Waals surface area contributed by atoms with Gasteiger partial charge in [-0.2, -0.15) is 0 Å². The molecule has 3 aromatic heterocycles. The summed E-state index contributed by atoms with van der Waals surface area (Å²) in [6, 6.07) is 46.9. The Kier molecular flexibility index (Phi) is 6.59. The molecule has 6 aromatic carbocycles. The first-order valence-corrected chi connectivity index (χ1v) is 16.1. The average Bonchev–Trinajstić information content (AvgIpc) is 3.65. The van der Waals surface area contributed by atoms with Crippen LogP contribution in [-0.2, 0) is 14.1 Å². The zero-order chi connectivity index (χ0) is 33.1. The van der Waals surface area contributed by atoms with E-state index in [9.17, 15) is 4.79 Å². The van der Waals surface area contributed by atoms with Crippen LogP contribution in [0.2, 0.25) is 0 Å². The highest BCUT2D eigenvalue weighted by atomic mass is 16.3. The van der Waals surface area contributed by atoms with E-state index in [-0.39, 0.29) is 5.69 Å². The Balaban J connectivity index is 1.23. The number of imidazole rings is 1. The molecule has 0 aliphatic rings. The molecule has 0 spiro atoms. The maximum absolute atomic E-state index is 12.5. The number of aryl methyl sites for hydroxylation is 2. The van der Waals surface area contributed by atoms with Gasteiger partial charge < -0.3 is 4.42 Å². The van der Waals surface area contributed by atoms with Crippen molar-refractivity contribution in [2.24, 2.45) is 14.1 Å². The second-order valence-corrected chi connectivity index (χ2v) is 12.2. The molecule has 0 aliphatic heterocycles. The van der Waals surface area contributed by atoms with Gasteiger partial charge in [-0.15, -0.1) is 0 Å². The minimum absolute atomic E-state index is 0.0441. The van der Waals surface area contributed by atoms with E-state index < -0.39 is 0 Å². The fraction of sp³-hybridized carbons (Fsp3) is 0.0476. The minimum atomic E-state index is -0.0441. The van der Waals surface area contributed by atoms with Crippen LogP contribution in [-0.4, -0.2) is 24.1 Å². The van der Waals surface area contributed by atoms with Gasteiger partial charge in [0, 0.05) is 41.6 Å². The highest BCUT2D eigenvalue weighted by molar-refractivity contribution is 6.13. The number of hydrogen-bond acceptors (Lipinski definition) is 5. The number of aromatic nitrogens is 5. The maximum Gasteiger partial charge on any atom is 0.328 e. The molecular formula is C42H29N5O2. The van der Waals surface area contributed by atoms with Crippen LogP contribution >= 0.6 is 0 Å². The molecule has 0 fully saturated rings. The van der Waals surface area contributed by atoms with Crippen LogP contribution in [0, 0.1) is 0 Å². The molecule has 0 atom stereocenters. The summed E-state index contributed by atoms with van der Waals surface area (Å²) in [5, 5.41) is 1.97. The van der Waals surface area contributed by atoms with E-state index >= 15 is 0 Å². The van der Waals surface area contributed by atoms with Gasteiger partial charge in [0.15, 0.2) is 17.5 Å². The molecule has 7 heteroatoms. The molecular weight excluding hydrogens is 606 g/mol. The summed E-state index contributed by atoms with van der Waals surface area (Å²) in [6.07, 6.45) is 0. The first-order valence-electron chi connectivity index (χ1n) is 16.1. The number of fused-ring (bicyclic) bond motifs is 4. The van der Waals surface area contributed by atoms with Gasteiger partial charge in [0.05, 0.1) is 11.0 Å². The molecule has 0 saturated carbocycles. The van der Waals surface area contributed by atoms with Gasteiger partial charge in [-0.3, -0.25) is 9.13 Å². The monoisotopic (exact) mass is 635 g/mol. The third kappa shape index (κ3) is 4.83. The number of nitrogens with zero attached hydrogens (tertiary/aromatic N) is 5. The van der Waals surface area contributed by atoms with E-state index in [4.69, 9.17) is 19.4 Å². The van der Waals surface area contributed by atoms with Crippen LogP contribution in [0.1, 0.15) is 0 Å². The van der Waals surface area contributed by atoms with Crippen LogP contribution in [0.5, 0.6) is 0 Å². The Morgan fingerprint density at radius 1 is 0.469 bits per heavy atom. The Bertz CT molecular complexity index is 2740. The second kappa shape index (κ2) is 11.3. The fourth-order valence-electron chi connectivity index (χ4n) is 6.67. The molecule has 0 saturated heterocycles. The Morgan fingerprint density at radius 3 is 1.76 bits per heavy atom. The number of para-hydroxylation sites is 1. The minimum Gasteiger partial charge on any atom is -0.456 e. The second-order valence-electron chi connectivity index (χ2n) is 12.2. The molecule has 9 rings (SSSR count). The van der Waals surface area contributed by atoms with Gasteiger partial charge in [-0.05, 0) is 52.6 Å². The Labute approximate surface area is 281 Å². The normalized spacial score (nSPS) is 11.6. The molecule has 0 radical (unpaired) electrons. The van der Waals surface area contributed by atoms with Crippen LogP contribution in [0.25, 0.3) is 89.4 Å². The van der Waals surface area contributed by atoms with E-state index in [2.05, 4.69) is 48.5 Å². The zero-order valence-electron chi connectivity index (χ0n) is 26.8. The topological polar surface area (TPSA) is 78.7 Å². The van der Waals surface area contributed by atoms with Gasteiger partial charge in [0.25, 0.3) is 0 Å². The quantitative estimate of drug-likeness (QED) is 0.188. The van der Waals surface area contributed by atoms with Crippen molar-refractivity contribution in [3.8, 4) is 56.4 Å². The summed E-state index contributed by atoms with van der Waals surface area (Å²) in [6.45, 7) is 0. The van der Waals surface area contributed by atoms with Gasteiger partial charge in [0.2, 0.25) is 0 Å². The van der Waals surface area contributed by atoms with Gasteiger partial charge in [0.1, 0.15) is 11.2 Å². The van der Waals surface area contributed by atoms with Crippen molar-refractivity contribution in [1.29, 1.82) is 0 Å². The lowest BCUT2D eigenvalue weighted by molar-refractivity contribution is 0.669. The third-order valence-electron chi connectivity index (χ3n) is 9.24. The number of rotatable bonds is 5. The van der Waals surface area contributed by atoms with Crippen molar-refractivity contribution in [3.63, 3.8) is 0 Å². The van der Waals surface area contributed by atoms with E-state index in [0.717, 1.165) is 71.9 Å². The average molecular weight is 636 g/mol. The summed E-state index contributed by atoms with van der Waals surface area (Å²) in [5.41, 5.74) is 10.1. The van der Waals surface area contributed by atoms with Crippen molar-refractivity contribution in [3.05, 3.63) is 150 Å². The van der Waals surface area contributed by atoms with E-state index in [0.29, 0.717) is 17.5 Å². The first-order chi connectivity index (χ1) is 24.0. The Hall–Kier alpha value is -6.60. The summed E-state index contributed by atoms with van der Waals surface area (Å²) in [5.74, 6) is 1.73. The van der Waals surface area contributed by atoms with Crippen LogP contribution < -0.4 is 5.69 Å². The Morgan fingerprint density at radius 2 is 1.02 bits per heavy atom. The lowest BCUT2D eigenvalue weighted by Gasteiger charge is -2.11. The standard InChI is InChI=1S/C42H29N5O2/c1-46-34-22-21-30(24-35(34)47(2)42(46)48)27-17-19-29(20-18-27)40-43-39(28-13-7-4-8-14-28)44-41(45-40)33-23-31(26-11-5-3-6-12-26)25-37-38(33)32-15-9-10-16-36(32)49-37/h3-25H,1-2H3. The van der Waals surface area contributed by atoms with Gasteiger partial charge >= 0.3 is 5.69 Å². The molecule has 0 amide bonds. The highest BCUT2D eigenvalue weighted by Gasteiger charge is 2.20. The third-order valence-corrected chi connectivity index (χ3v) is 9.24. The van der Waals surface area contributed by atoms with Crippen molar-refractivity contribution < 1.29 is 4.42 Å². The molecule has 234 valence electrons. The lowest BCUT2D eigenvalue weighted by Crippen LogP contribution is -2.19. The smallest absolute Gasteiger partial charge is 0.328 e. The van der Waals surface area contributed by atoms with Crippen LogP contribution in [0.15, 0.2) is 149 Å². The molecule has 7 nitrogen and oxygen atoms in total. The van der Waals surface area contributed by atoms with Crippen molar-refractivity contribution >= 4 is 33.0 Å². The molecule has 0 aliphatic carbocycles. The van der Waals surface area contributed by atoms with Crippen LogP contribution in [0.3, 0.4) is 0 Å². The van der Waals surface area contributed by atoms with E-state index in [1.807, 2.05) is 91.0 Å². The van der Waals surface area contributed by atoms with E-state index in [1.165, 1.54) is 0 Å². The molecule has 0 bridgehead atoms. The van der Waals surface area contributed by atoms with Gasteiger partial charge in [-0.25, -0.2) is 19.7 Å². The highest BCUT2D eigenvalue weighted by Crippen LogP contribution is 2.40. The van der Waals surface area contributed by atoms with Crippen LogP contribution in [0.4, 0.5) is 0 Å². The molecule has 3 heterocycles. The predicted molar refractivity (Wildman–Crippen MR) is 196 cm³/mol. The van der Waals surface area contributed by atoms with Crippen molar-refractivity contribution in [2.45, 2.75) is 0 Å². The van der Waals surface area contributed by atoms with Crippen molar-refractivity contribution in [1.82, 2.24) is 24.1 Å². The summed E-state index contributed by atoms with van der Waals surface area (Å²) < 4.78 is 9.76. The maximum atomic E-state index is 12.5. The molecule has 9 aromatic rings. The SMILES string of the molecule is Cn1c(=O)n(C)c2cc(-c3ccc(-c4nc(-c5ccccc5)nc(-c5cc(-c6ccccc6)cc6oc7ccccc7c56)n4)cc3)ccc21. The van der Waals surface area contributed by atoms with Gasteiger partial charge in [-0.1, -0.05) is 109 Å². The fourth-order valence-corrected chi connectivity index (χ4v) is 6.67. The van der Waals surface area contributed by atoms with E-state index in [1.54, 1.807) is 23.2 Å². The zero-order valence-corrected chi connectivity index (χ0v) is 26.8. The largest absolute Gasteiger partial charge is 0.456 e. The lowest BCUT2D eigenvalue weighted by atomic mass is 9.98. The number of benzene rings is 6. The molecule has 0 unspecified atom stereocenters. The summed E-state index contributed by atoms with van der Waals surface area (Å²) in [4.78, 5) is 27.7. The predicted octanol–water partition coefficient (Wildman–Crippen LogP) is 9.30. The summed E-state index contributed by atoms with van der Waals surface area (Å²) >= 11 is 0. The number of hydrogen-bond donors (Lipinski definition) is 0.